The average Bonchev–Trinajstić information content (AvgIpc) is 3.53. The van der Waals surface area contributed by atoms with Crippen molar-refractivity contribution in [3.63, 3.8) is 0 Å². The normalized spacial score (nSPS) is 16.0. The molecule has 2 heterocycles. The Morgan fingerprint density at radius 1 is 0.969 bits per heavy atom. The molecule has 32 heavy (non-hydrogen) atoms. The highest BCUT2D eigenvalue weighted by Crippen LogP contribution is 2.47. The van der Waals surface area contributed by atoms with Crippen LogP contribution in [-0.2, 0) is 6.54 Å². The molecule has 1 aliphatic heterocycles. The Balaban J connectivity index is 1.14. The van der Waals surface area contributed by atoms with Gasteiger partial charge in [0, 0.05) is 30.2 Å². The summed E-state index contributed by atoms with van der Waals surface area (Å²) in [5.41, 5.74) is 4.16. The predicted molar refractivity (Wildman–Crippen MR) is 120 cm³/mol. The first-order valence-corrected chi connectivity index (χ1v) is 10.9. The second kappa shape index (κ2) is 7.37. The SMILES string of the molecule is O=C(Nc1ccc2c(c1)OC1(CCCC1)O2)c1ccc(Cn2nnc3ccccc32)cc1. The van der Waals surface area contributed by atoms with Crippen molar-refractivity contribution < 1.29 is 14.3 Å². The molecule has 0 unspecified atom stereocenters. The van der Waals surface area contributed by atoms with Crippen LogP contribution in [0.25, 0.3) is 11.0 Å². The van der Waals surface area contributed by atoms with Crippen molar-refractivity contribution in [3.05, 3.63) is 77.9 Å². The minimum Gasteiger partial charge on any atom is -0.448 e. The number of fused-ring (bicyclic) bond motifs is 2. The van der Waals surface area contributed by atoms with Gasteiger partial charge in [-0.15, -0.1) is 5.10 Å². The summed E-state index contributed by atoms with van der Waals surface area (Å²) in [7, 11) is 0. The highest BCUT2D eigenvalue weighted by Gasteiger charge is 2.44. The Labute approximate surface area is 185 Å². The molecule has 1 N–H and O–H groups in total. The van der Waals surface area contributed by atoms with Crippen LogP contribution in [0.5, 0.6) is 11.5 Å². The van der Waals surface area contributed by atoms with E-state index in [1.807, 2.05) is 71.4 Å². The first kappa shape index (κ1) is 18.9. The number of hydrogen-bond acceptors (Lipinski definition) is 5. The third-order valence-electron chi connectivity index (χ3n) is 6.13. The molecule has 0 radical (unpaired) electrons. The van der Waals surface area contributed by atoms with Crippen molar-refractivity contribution in [3.8, 4) is 11.5 Å². The monoisotopic (exact) mass is 426 g/mol. The van der Waals surface area contributed by atoms with E-state index < -0.39 is 5.79 Å². The number of aromatic nitrogens is 3. The Bertz CT molecular complexity index is 1310. The summed E-state index contributed by atoms with van der Waals surface area (Å²) in [6.07, 6.45) is 4.03. The lowest BCUT2D eigenvalue weighted by atomic mass is 10.1. The van der Waals surface area contributed by atoms with Crippen LogP contribution in [0.15, 0.2) is 66.7 Å². The van der Waals surface area contributed by atoms with Gasteiger partial charge < -0.3 is 14.8 Å². The minimum atomic E-state index is -0.504. The third-order valence-corrected chi connectivity index (χ3v) is 6.13. The summed E-state index contributed by atoms with van der Waals surface area (Å²) >= 11 is 0. The Morgan fingerprint density at radius 2 is 1.75 bits per heavy atom. The zero-order valence-electron chi connectivity index (χ0n) is 17.5. The lowest BCUT2D eigenvalue weighted by molar-refractivity contribution is -0.0716. The highest BCUT2D eigenvalue weighted by molar-refractivity contribution is 6.04. The molecule has 7 heteroatoms. The summed E-state index contributed by atoms with van der Waals surface area (Å²) in [5, 5.41) is 11.4. The van der Waals surface area contributed by atoms with Crippen molar-refractivity contribution in [1.29, 1.82) is 0 Å². The lowest BCUT2D eigenvalue weighted by Gasteiger charge is -2.21. The van der Waals surface area contributed by atoms with Gasteiger partial charge in [-0.3, -0.25) is 4.79 Å². The number of carbonyl (C=O) groups excluding carboxylic acids is 1. The van der Waals surface area contributed by atoms with E-state index in [0.717, 1.165) is 48.0 Å². The molecule has 7 nitrogen and oxygen atoms in total. The van der Waals surface area contributed by atoms with Gasteiger partial charge in [0.15, 0.2) is 11.5 Å². The van der Waals surface area contributed by atoms with Gasteiger partial charge in [0.2, 0.25) is 0 Å². The molecule has 1 saturated carbocycles. The van der Waals surface area contributed by atoms with E-state index in [4.69, 9.17) is 9.47 Å². The molecule has 1 fully saturated rings. The largest absolute Gasteiger partial charge is 0.448 e. The maximum Gasteiger partial charge on any atom is 0.255 e. The van der Waals surface area contributed by atoms with Crippen LogP contribution in [0.1, 0.15) is 41.6 Å². The summed E-state index contributed by atoms with van der Waals surface area (Å²) in [6, 6.07) is 20.9. The van der Waals surface area contributed by atoms with Gasteiger partial charge in [-0.05, 0) is 54.8 Å². The summed E-state index contributed by atoms with van der Waals surface area (Å²) in [4.78, 5) is 12.8. The third kappa shape index (κ3) is 3.36. The maximum atomic E-state index is 12.8. The number of nitrogens with one attached hydrogen (secondary N) is 1. The van der Waals surface area contributed by atoms with Gasteiger partial charge in [-0.2, -0.15) is 0 Å². The standard InChI is InChI=1S/C25H22N4O3/c30-24(26-19-11-12-22-23(15-19)32-25(31-22)13-3-4-14-25)18-9-7-17(8-10-18)16-29-21-6-2-1-5-20(21)27-28-29/h1-2,5-12,15H,3-4,13-14,16H2,(H,26,30). The van der Waals surface area contributed by atoms with Gasteiger partial charge in [-0.1, -0.05) is 29.5 Å². The quantitative estimate of drug-likeness (QED) is 0.508. The minimum absolute atomic E-state index is 0.169. The van der Waals surface area contributed by atoms with E-state index in [-0.39, 0.29) is 5.91 Å². The zero-order valence-corrected chi connectivity index (χ0v) is 17.5. The van der Waals surface area contributed by atoms with Crippen LogP contribution < -0.4 is 14.8 Å². The molecule has 1 spiro atoms. The Hall–Kier alpha value is -3.87. The molecule has 0 bridgehead atoms. The molecular weight excluding hydrogens is 404 g/mol. The second-order valence-corrected chi connectivity index (χ2v) is 8.37. The zero-order chi connectivity index (χ0) is 21.5. The number of ether oxygens (including phenoxy) is 2. The number of rotatable bonds is 4. The van der Waals surface area contributed by atoms with E-state index in [1.165, 1.54) is 0 Å². The summed E-state index contributed by atoms with van der Waals surface area (Å²) < 4.78 is 14.0. The van der Waals surface area contributed by atoms with Crippen molar-refractivity contribution in [2.75, 3.05) is 5.32 Å². The lowest BCUT2D eigenvalue weighted by Crippen LogP contribution is -2.34. The van der Waals surface area contributed by atoms with E-state index in [9.17, 15) is 4.79 Å². The number of nitrogens with zero attached hydrogens (tertiary/aromatic N) is 3. The van der Waals surface area contributed by atoms with Crippen LogP contribution in [0.4, 0.5) is 5.69 Å². The number of anilines is 1. The van der Waals surface area contributed by atoms with Gasteiger partial charge in [0.05, 0.1) is 12.1 Å². The number of amides is 1. The molecule has 6 rings (SSSR count). The van der Waals surface area contributed by atoms with Gasteiger partial charge in [0.1, 0.15) is 5.52 Å². The molecule has 2 aliphatic rings. The van der Waals surface area contributed by atoms with Crippen molar-refractivity contribution in [1.82, 2.24) is 15.0 Å². The van der Waals surface area contributed by atoms with Crippen LogP contribution in [0, 0.1) is 0 Å². The average molecular weight is 426 g/mol. The topological polar surface area (TPSA) is 78.3 Å². The van der Waals surface area contributed by atoms with E-state index in [2.05, 4.69) is 15.6 Å². The number of carbonyl (C=O) groups is 1. The van der Waals surface area contributed by atoms with Gasteiger partial charge in [-0.25, -0.2) is 4.68 Å². The molecule has 1 aromatic heterocycles. The molecule has 3 aromatic carbocycles. The van der Waals surface area contributed by atoms with Crippen molar-refractivity contribution >= 4 is 22.6 Å². The number of para-hydroxylation sites is 1. The van der Waals surface area contributed by atoms with Crippen LogP contribution in [0.3, 0.4) is 0 Å². The first-order chi connectivity index (χ1) is 15.7. The molecule has 0 atom stereocenters. The van der Waals surface area contributed by atoms with Gasteiger partial charge in [0.25, 0.3) is 11.7 Å². The van der Waals surface area contributed by atoms with Gasteiger partial charge >= 0.3 is 0 Å². The summed E-state index contributed by atoms with van der Waals surface area (Å²) in [6.45, 7) is 0.590. The fourth-order valence-corrected chi connectivity index (χ4v) is 4.46. The van der Waals surface area contributed by atoms with Crippen molar-refractivity contribution in [2.45, 2.75) is 38.0 Å². The van der Waals surface area contributed by atoms with E-state index in [1.54, 1.807) is 0 Å². The predicted octanol–water partition coefficient (Wildman–Crippen LogP) is 4.77. The number of benzene rings is 3. The van der Waals surface area contributed by atoms with E-state index in [0.29, 0.717) is 23.5 Å². The van der Waals surface area contributed by atoms with Crippen LogP contribution in [-0.4, -0.2) is 26.7 Å². The smallest absolute Gasteiger partial charge is 0.255 e. The molecule has 1 aliphatic carbocycles. The molecule has 160 valence electrons. The fraction of sp³-hybridized carbons (Fsp3) is 0.240. The molecular formula is C25H22N4O3. The van der Waals surface area contributed by atoms with Crippen molar-refractivity contribution in [2.24, 2.45) is 0 Å². The Morgan fingerprint density at radius 3 is 2.59 bits per heavy atom. The number of hydrogen-bond donors (Lipinski definition) is 1. The summed E-state index contributed by atoms with van der Waals surface area (Å²) in [5.74, 6) is 0.767. The van der Waals surface area contributed by atoms with E-state index >= 15 is 0 Å². The second-order valence-electron chi connectivity index (χ2n) is 8.37. The van der Waals surface area contributed by atoms with Crippen LogP contribution in [0.2, 0.25) is 0 Å². The molecule has 4 aromatic rings. The first-order valence-electron chi connectivity index (χ1n) is 10.9. The molecule has 1 amide bonds. The fourth-order valence-electron chi connectivity index (χ4n) is 4.46. The highest BCUT2D eigenvalue weighted by atomic mass is 16.7. The maximum absolute atomic E-state index is 12.8. The Kier molecular flexibility index (Phi) is 4.35. The molecule has 0 saturated heterocycles. The van der Waals surface area contributed by atoms with Crippen LogP contribution >= 0.6 is 0 Å².